The van der Waals surface area contributed by atoms with Gasteiger partial charge >= 0.3 is 0 Å². The van der Waals surface area contributed by atoms with Gasteiger partial charge in [0, 0.05) is 10.6 Å². The molecule has 4 heteroatoms. The molecule has 1 heterocycles. The van der Waals surface area contributed by atoms with Gasteiger partial charge in [-0.1, -0.05) is 17.7 Å². The van der Waals surface area contributed by atoms with Crippen LogP contribution < -0.4 is 5.73 Å². The fourth-order valence-electron chi connectivity index (χ4n) is 1.39. The Labute approximate surface area is 96.3 Å². The van der Waals surface area contributed by atoms with Crippen molar-refractivity contribution in [1.82, 2.24) is 0 Å². The summed E-state index contributed by atoms with van der Waals surface area (Å²) < 4.78 is 13.5. The molecule has 2 N–H and O–H groups in total. The molecule has 0 bridgehead atoms. The Morgan fingerprint density at radius 1 is 1.33 bits per heavy atom. The van der Waals surface area contributed by atoms with Crippen LogP contribution in [0.3, 0.4) is 0 Å². The Hall–Kier alpha value is -0.900. The van der Waals surface area contributed by atoms with Crippen molar-refractivity contribution >= 4 is 22.9 Å². The Kier molecular flexibility index (Phi) is 3.05. The van der Waals surface area contributed by atoms with Crippen LogP contribution in [0.15, 0.2) is 35.0 Å². The summed E-state index contributed by atoms with van der Waals surface area (Å²) in [6.07, 6.45) is 0. The number of rotatable bonds is 2. The van der Waals surface area contributed by atoms with E-state index in [0.717, 1.165) is 5.56 Å². The zero-order valence-corrected chi connectivity index (χ0v) is 9.36. The Morgan fingerprint density at radius 2 is 2.13 bits per heavy atom. The van der Waals surface area contributed by atoms with E-state index < -0.39 is 6.04 Å². The average molecular weight is 242 g/mol. The molecule has 0 saturated carbocycles. The highest BCUT2D eigenvalue weighted by Gasteiger charge is 2.13. The summed E-state index contributed by atoms with van der Waals surface area (Å²) in [4.78, 5) is 0. The maximum Gasteiger partial charge on any atom is 0.129 e. The monoisotopic (exact) mass is 241 g/mol. The van der Waals surface area contributed by atoms with Gasteiger partial charge in [-0.15, -0.1) is 0 Å². The normalized spacial score (nSPS) is 12.7. The summed E-state index contributed by atoms with van der Waals surface area (Å²) in [5, 5.41) is 4.22. The molecule has 0 spiro atoms. The molecule has 0 saturated heterocycles. The van der Waals surface area contributed by atoms with Crippen LogP contribution in [0.5, 0.6) is 0 Å². The number of benzene rings is 1. The van der Waals surface area contributed by atoms with Crippen molar-refractivity contribution in [2.75, 3.05) is 0 Å². The molecular formula is C11H9ClFNS. The molecule has 0 aliphatic rings. The van der Waals surface area contributed by atoms with Crippen LogP contribution >= 0.6 is 22.9 Å². The van der Waals surface area contributed by atoms with Crippen LogP contribution in [0.4, 0.5) is 4.39 Å². The highest BCUT2D eigenvalue weighted by atomic mass is 35.5. The Bertz CT molecular complexity index is 456. The maximum absolute atomic E-state index is 13.5. The first-order valence-corrected chi connectivity index (χ1v) is 5.73. The Morgan fingerprint density at radius 3 is 2.73 bits per heavy atom. The number of hydrogen-bond acceptors (Lipinski definition) is 2. The first-order chi connectivity index (χ1) is 7.18. The van der Waals surface area contributed by atoms with Crippen LogP contribution in [0, 0.1) is 5.82 Å². The van der Waals surface area contributed by atoms with E-state index in [1.54, 1.807) is 23.5 Å². The molecule has 0 aliphatic carbocycles. The minimum Gasteiger partial charge on any atom is -0.320 e. The van der Waals surface area contributed by atoms with Gasteiger partial charge in [0.15, 0.2) is 0 Å². The highest BCUT2D eigenvalue weighted by molar-refractivity contribution is 7.08. The SMILES string of the molecule is N[C@H](c1ccsc1)c1ccc(Cl)cc1F. The first kappa shape index (κ1) is 10.6. The van der Waals surface area contributed by atoms with E-state index in [-0.39, 0.29) is 5.82 Å². The number of hydrogen-bond donors (Lipinski definition) is 1. The van der Waals surface area contributed by atoms with Gasteiger partial charge in [-0.05, 0) is 34.5 Å². The summed E-state index contributed by atoms with van der Waals surface area (Å²) in [7, 11) is 0. The Balaban J connectivity index is 2.38. The minimum atomic E-state index is -0.423. The second-order valence-electron chi connectivity index (χ2n) is 3.20. The molecule has 0 amide bonds. The molecule has 15 heavy (non-hydrogen) atoms. The van der Waals surface area contributed by atoms with Crippen molar-refractivity contribution < 1.29 is 4.39 Å². The topological polar surface area (TPSA) is 26.0 Å². The second kappa shape index (κ2) is 4.31. The fraction of sp³-hybridized carbons (Fsp3) is 0.0909. The lowest BCUT2D eigenvalue weighted by molar-refractivity contribution is 0.600. The van der Waals surface area contributed by atoms with E-state index in [1.807, 2.05) is 16.8 Å². The van der Waals surface area contributed by atoms with E-state index >= 15 is 0 Å². The van der Waals surface area contributed by atoms with Crippen LogP contribution in [-0.2, 0) is 0 Å². The third kappa shape index (κ3) is 2.20. The van der Waals surface area contributed by atoms with Gasteiger partial charge in [-0.25, -0.2) is 4.39 Å². The van der Waals surface area contributed by atoms with Crippen molar-refractivity contribution in [3.05, 3.63) is 57.0 Å². The van der Waals surface area contributed by atoms with Gasteiger partial charge in [0.1, 0.15) is 5.82 Å². The van der Waals surface area contributed by atoms with Crippen molar-refractivity contribution in [3.8, 4) is 0 Å². The third-order valence-corrected chi connectivity index (χ3v) is 3.14. The first-order valence-electron chi connectivity index (χ1n) is 4.41. The van der Waals surface area contributed by atoms with E-state index in [1.165, 1.54) is 6.07 Å². The smallest absolute Gasteiger partial charge is 0.129 e. The molecule has 0 radical (unpaired) electrons. The standard InChI is InChI=1S/C11H9ClFNS/c12-8-1-2-9(10(13)5-8)11(14)7-3-4-15-6-7/h1-6,11H,14H2/t11-/m1/s1. The van der Waals surface area contributed by atoms with Gasteiger partial charge in [0.05, 0.1) is 6.04 Å². The molecule has 78 valence electrons. The summed E-state index contributed by atoms with van der Waals surface area (Å²) >= 11 is 7.21. The zero-order valence-electron chi connectivity index (χ0n) is 7.78. The summed E-state index contributed by atoms with van der Waals surface area (Å²) in [5.41, 5.74) is 7.32. The fourth-order valence-corrected chi connectivity index (χ4v) is 2.24. The van der Waals surface area contributed by atoms with Gasteiger partial charge < -0.3 is 5.73 Å². The van der Waals surface area contributed by atoms with Crippen molar-refractivity contribution in [2.24, 2.45) is 5.73 Å². The zero-order chi connectivity index (χ0) is 10.8. The summed E-state index contributed by atoms with van der Waals surface area (Å²) in [6.45, 7) is 0. The molecule has 0 aliphatic heterocycles. The quantitative estimate of drug-likeness (QED) is 0.855. The van der Waals surface area contributed by atoms with Gasteiger partial charge in [-0.2, -0.15) is 11.3 Å². The molecule has 1 aromatic carbocycles. The van der Waals surface area contributed by atoms with Crippen LogP contribution in [0.2, 0.25) is 5.02 Å². The molecule has 1 nitrogen and oxygen atoms in total. The van der Waals surface area contributed by atoms with Crippen molar-refractivity contribution in [3.63, 3.8) is 0 Å². The lowest BCUT2D eigenvalue weighted by atomic mass is 10.0. The van der Waals surface area contributed by atoms with Gasteiger partial charge in [0.25, 0.3) is 0 Å². The molecule has 2 rings (SSSR count). The van der Waals surface area contributed by atoms with E-state index in [0.29, 0.717) is 10.6 Å². The molecule has 1 atom stereocenters. The third-order valence-electron chi connectivity index (χ3n) is 2.20. The lowest BCUT2D eigenvalue weighted by Gasteiger charge is -2.11. The predicted molar refractivity (Wildman–Crippen MR) is 61.8 cm³/mol. The average Bonchev–Trinajstić information content (AvgIpc) is 2.69. The number of halogens is 2. The highest BCUT2D eigenvalue weighted by Crippen LogP contribution is 2.25. The largest absolute Gasteiger partial charge is 0.320 e. The van der Waals surface area contributed by atoms with Crippen LogP contribution in [-0.4, -0.2) is 0 Å². The van der Waals surface area contributed by atoms with Gasteiger partial charge in [0.2, 0.25) is 0 Å². The predicted octanol–water partition coefficient (Wildman–Crippen LogP) is 3.59. The molecule has 1 aromatic heterocycles. The minimum absolute atomic E-state index is 0.360. The molecule has 2 aromatic rings. The van der Waals surface area contributed by atoms with E-state index in [9.17, 15) is 4.39 Å². The van der Waals surface area contributed by atoms with E-state index in [4.69, 9.17) is 17.3 Å². The molecule has 0 unspecified atom stereocenters. The summed E-state index contributed by atoms with van der Waals surface area (Å²) in [6, 6.07) is 6.02. The number of nitrogens with two attached hydrogens (primary N) is 1. The summed E-state index contributed by atoms with van der Waals surface area (Å²) in [5.74, 6) is -0.360. The molecule has 0 fully saturated rings. The maximum atomic E-state index is 13.5. The van der Waals surface area contributed by atoms with Crippen molar-refractivity contribution in [1.29, 1.82) is 0 Å². The van der Waals surface area contributed by atoms with E-state index in [2.05, 4.69) is 0 Å². The van der Waals surface area contributed by atoms with Gasteiger partial charge in [-0.3, -0.25) is 0 Å². The second-order valence-corrected chi connectivity index (χ2v) is 4.42. The lowest BCUT2D eigenvalue weighted by Crippen LogP contribution is -2.12. The number of thiophene rings is 1. The van der Waals surface area contributed by atoms with Crippen LogP contribution in [0.25, 0.3) is 0 Å². The molecular weight excluding hydrogens is 233 g/mol. The van der Waals surface area contributed by atoms with Crippen molar-refractivity contribution in [2.45, 2.75) is 6.04 Å². The van der Waals surface area contributed by atoms with Crippen LogP contribution in [0.1, 0.15) is 17.2 Å².